The number of benzene rings is 2. The van der Waals surface area contributed by atoms with E-state index in [1.54, 1.807) is 18.2 Å². The molecule has 0 saturated carbocycles. The molecule has 2 rings (SSSR count). The lowest BCUT2D eigenvalue weighted by Gasteiger charge is -2.15. The van der Waals surface area contributed by atoms with Crippen molar-refractivity contribution in [2.75, 3.05) is 18.9 Å². The maximum atomic E-state index is 12.1. The predicted octanol–water partition coefficient (Wildman–Crippen LogP) is 3.41. The quantitative estimate of drug-likeness (QED) is 0.789. The predicted molar refractivity (Wildman–Crippen MR) is 94.7 cm³/mol. The number of hydrogen-bond donors (Lipinski definition) is 2. The number of carbonyl (C=O) groups is 1. The van der Waals surface area contributed by atoms with Crippen LogP contribution in [0.1, 0.15) is 5.56 Å². The van der Waals surface area contributed by atoms with E-state index in [1.807, 2.05) is 31.3 Å². The van der Waals surface area contributed by atoms with E-state index < -0.39 is 0 Å². The molecule has 0 spiro atoms. The van der Waals surface area contributed by atoms with Crippen molar-refractivity contribution in [1.29, 1.82) is 0 Å². The highest BCUT2D eigenvalue weighted by molar-refractivity contribution is 9.10. The van der Waals surface area contributed by atoms with Gasteiger partial charge < -0.3 is 10.2 Å². The lowest BCUT2D eigenvalue weighted by atomic mass is 10.2. The van der Waals surface area contributed by atoms with E-state index >= 15 is 0 Å². The number of nitrogens with one attached hydrogen (secondary N) is 2. The summed E-state index contributed by atoms with van der Waals surface area (Å²) in [5.41, 5.74) is 1.64. The molecule has 6 heteroatoms. The van der Waals surface area contributed by atoms with Crippen molar-refractivity contribution in [3.63, 3.8) is 0 Å². The van der Waals surface area contributed by atoms with Crippen molar-refractivity contribution >= 4 is 50.7 Å². The first-order valence-corrected chi connectivity index (χ1v) is 8.30. The summed E-state index contributed by atoms with van der Waals surface area (Å²) < 4.78 is 1.04. The zero-order valence-corrected chi connectivity index (χ0v) is 15.1. The third-order valence-electron chi connectivity index (χ3n) is 3.11. The average Bonchev–Trinajstić information content (AvgIpc) is 2.45. The van der Waals surface area contributed by atoms with E-state index in [1.165, 1.54) is 5.56 Å². The maximum Gasteiger partial charge on any atom is 0.279 e. The van der Waals surface area contributed by atoms with Crippen molar-refractivity contribution in [2.24, 2.45) is 0 Å². The lowest BCUT2D eigenvalue weighted by Crippen LogP contribution is -3.08. The van der Waals surface area contributed by atoms with Crippen LogP contribution in [-0.2, 0) is 11.3 Å². The zero-order chi connectivity index (χ0) is 16.1. The number of amides is 1. The fraction of sp³-hybridized carbons (Fsp3) is 0.188. The van der Waals surface area contributed by atoms with Crippen LogP contribution in [0.3, 0.4) is 0 Å². The normalized spacial score (nSPS) is 12.0. The number of rotatable bonds is 5. The molecule has 1 atom stereocenters. The maximum absolute atomic E-state index is 12.1. The third kappa shape index (κ3) is 4.99. The Balaban J connectivity index is 1.92. The molecule has 0 fully saturated rings. The standard InChI is InChI=1S/C16H15BrCl2N2O/c1-21(9-11-5-7-12(17)8-6-11)10-15(22)20-16-13(18)3-2-4-14(16)19/h2-8H,9-10H2,1H3,(H,20,22)/p+1. The molecule has 0 saturated heterocycles. The number of carbonyl (C=O) groups excluding carboxylic acids is 1. The van der Waals surface area contributed by atoms with Gasteiger partial charge in [-0.25, -0.2) is 0 Å². The molecular weight excluding hydrogens is 387 g/mol. The van der Waals surface area contributed by atoms with E-state index in [9.17, 15) is 4.79 Å². The molecule has 0 bridgehead atoms. The number of quaternary nitrogens is 1. The van der Waals surface area contributed by atoms with Gasteiger partial charge in [0.15, 0.2) is 6.54 Å². The Labute approximate surface area is 148 Å². The number of likely N-dealkylation sites (N-methyl/N-ethyl adjacent to an activating group) is 1. The van der Waals surface area contributed by atoms with Gasteiger partial charge >= 0.3 is 0 Å². The third-order valence-corrected chi connectivity index (χ3v) is 4.27. The van der Waals surface area contributed by atoms with Crippen molar-refractivity contribution in [2.45, 2.75) is 6.54 Å². The SMILES string of the molecule is C[NH+](CC(=O)Nc1c(Cl)cccc1Cl)Cc1ccc(Br)cc1. The molecular formula is C16H16BrCl2N2O+. The van der Waals surface area contributed by atoms with Gasteiger partial charge in [-0.1, -0.05) is 57.3 Å². The van der Waals surface area contributed by atoms with E-state index in [-0.39, 0.29) is 5.91 Å². The second kappa shape index (κ2) is 7.97. The highest BCUT2D eigenvalue weighted by Crippen LogP contribution is 2.29. The summed E-state index contributed by atoms with van der Waals surface area (Å²) in [5, 5.41) is 3.65. The van der Waals surface area contributed by atoms with E-state index in [4.69, 9.17) is 23.2 Å². The fourth-order valence-corrected chi connectivity index (χ4v) is 2.84. The molecule has 1 unspecified atom stereocenters. The van der Waals surface area contributed by atoms with Gasteiger partial charge in [-0.2, -0.15) is 0 Å². The smallest absolute Gasteiger partial charge is 0.279 e. The fourth-order valence-electron chi connectivity index (χ4n) is 2.09. The molecule has 3 nitrogen and oxygen atoms in total. The molecule has 22 heavy (non-hydrogen) atoms. The van der Waals surface area contributed by atoms with Crippen molar-refractivity contribution in [1.82, 2.24) is 0 Å². The summed E-state index contributed by atoms with van der Waals surface area (Å²) >= 11 is 15.5. The molecule has 0 aliphatic rings. The number of hydrogen-bond acceptors (Lipinski definition) is 1. The van der Waals surface area contributed by atoms with Crippen LogP contribution in [0.25, 0.3) is 0 Å². The van der Waals surface area contributed by atoms with Gasteiger partial charge in [0.05, 0.1) is 22.8 Å². The second-order valence-corrected chi connectivity index (χ2v) is 6.81. The van der Waals surface area contributed by atoms with Crippen LogP contribution in [0.5, 0.6) is 0 Å². The molecule has 116 valence electrons. The summed E-state index contributed by atoms with van der Waals surface area (Å²) in [6.45, 7) is 1.09. The minimum absolute atomic E-state index is 0.121. The summed E-state index contributed by atoms with van der Waals surface area (Å²) in [6.07, 6.45) is 0. The number of para-hydroxylation sites is 1. The topological polar surface area (TPSA) is 33.5 Å². The van der Waals surface area contributed by atoms with Gasteiger partial charge in [-0.15, -0.1) is 0 Å². The van der Waals surface area contributed by atoms with Gasteiger partial charge in [-0.3, -0.25) is 4.79 Å². The lowest BCUT2D eigenvalue weighted by molar-refractivity contribution is -0.885. The first-order chi connectivity index (χ1) is 10.5. The van der Waals surface area contributed by atoms with Crippen molar-refractivity contribution < 1.29 is 9.69 Å². The Hall–Kier alpha value is -1.07. The van der Waals surface area contributed by atoms with E-state index in [0.717, 1.165) is 15.9 Å². The number of halogens is 3. The Morgan fingerprint density at radius 3 is 2.32 bits per heavy atom. The molecule has 0 aromatic heterocycles. The van der Waals surface area contributed by atoms with Gasteiger partial charge in [0.25, 0.3) is 5.91 Å². The highest BCUT2D eigenvalue weighted by Gasteiger charge is 2.14. The first-order valence-electron chi connectivity index (χ1n) is 6.75. The molecule has 2 aromatic carbocycles. The molecule has 2 N–H and O–H groups in total. The molecule has 0 aliphatic carbocycles. The summed E-state index contributed by atoms with van der Waals surface area (Å²) in [6, 6.07) is 13.2. The first kappa shape index (κ1) is 17.3. The summed E-state index contributed by atoms with van der Waals surface area (Å²) in [4.78, 5) is 13.2. The zero-order valence-electron chi connectivity index (χ0n) is 12.0. The molecule has 0 aliphatic heterocycles. The summed E-state index contributed by atoms with van der Waals surface area (Å²) in [5.74, 6) is -0.121. The van der Waals surface area contributed by atoms with Crippen LogP contribution in [0.15, 0.2) is 46.9 Å². The van der Waals surface area contributed by atoms with Crippen LogP contribution in [0.4, 0.5) is 5.69 Å². The van der Waals surface area contributed by atoms with Crippen LogP contribution in [-0.4, -0.2) is 19.5 Å². The van der Waals surface area contributed by atoms with Crippen LogP contribution in [0.2, 0.25) is 10.0 Å². The molecule has 2 aromatic rings. The number of anilines is 1. The van der Waals surface area contributed by atoms with Crippen LogP contribution < -0.4 is 10.2 Å². The molecule has 1 amide bonds. The van der Waals surface area contributed by atoms with Gasteiger partial charge in [0, 0.05) is 10.0 Å². The average molecular weight is 403 g/mol. The van der Waals surface area contributed by atoms with Crippen molar-refractivity contribution in [3.05, 3.63) is 62.5 Å². The monoisotopic (exact) mass is 401 g/mol. The highest BCUT2D eigenvalue weighted by atomic mass is 79.9. The largest absolute Gasteiger partial charge is 0.326 e. The van der Waals surface area contributed by atoms with Crippen LogP contribution >= 0.6 is 39.1 Å². The molecule has 0 radical (unpaired) electrons. The van der Waals surface area contributed by atoms with Crippen molar-refractivity contribution in [3.8, 4) is 0 Å². The molecule has 0 heterocycles. The Kier molecular flexibility index (Phi) is 6.26. The van der Waals surface area contributed by atoms with E-state index in [2.05, 4.69) is 21.2 Å². The minimum Gasteiger partial charge on any atom is -0.326 e. The Morgan fingerprint density at radius 2 is 1.73 bits per heavy atom. The Morgan fingerprint density at radius 1 is 1.14 bits per heavy atom. The van der Waals surface area contributed by atoms with E-state index in [0.29, 0.717) is 22.3 Å². The van der Waals surface area contributed by atoms with Gasteiger partial charge in [0.1, 0.15) is 6.54 Å². The Bertz CT molecular complexity index is 641. The van der Waals surface area contributed by atoms with Crippen LogP contribution in [0, 0.1) is 0 Å². The van der Waals surface area contributed by atoms with Gasteiger partial charge in [-0.05, 0) is 24.3 Å². The minimum atomic E-state index is -0.121. The second-order valence-electron chi connectivity index (χ2n) is 5.08. The summed E-state index contributed by atoms with van der Waals surface area (Å²) in [7, 11) is 1.97. The van der Waals surface area contributed by atoms with Gasteiger partial charge in [0.2, 0.25) is 0 Å².